The van der Waals surface area contributed by atoms with Crippen molar-refractivity contribution in [2.45, 2.75) is 0 Å². The molecule has 0 amide bonds. The molecule has 5 heteroatoms. The number of H-pyrrole nitrogens is 1. The van der Waals surface area contributed by atoms with Crippen LogP contribution in [0.25, 0.3) is 44.2 Å². The molecule has 0 saturated carbocycles. The fraction of sp³-hybridized carbons (Fsp3) is 0. The summed E-state index contributed by atoms with van der Waals surface area (Å²) in [7, 11) is 0. The number of fused-ring (bicyclic) bond motifs is 6. The van der Waals surface area contributed by atoms with Crippen molar-refractivity contribution in [3.63, 3.8) is 0 Å². The number of aromatic nitrogens is 4. The quantitative estimate of drug-likeness (QED) is 0.441. The van der Waals surface area contributed by atoms with Gasteiger partial charge in [0.25, 0.3) is 0 Å². The van der Waals surface area contributed by atoms with Crippen LogP contribution in [0.15, 0.2) is 60.9 Å². The summed E-state index contributed by atoms with van der Waals surface area (Å²) in [4.78, 5) is 17.3. The number of rotatable bonds is 1. The molecule has 1 N–H and O–H groups in total. The van der Waals surface area contributed by atoms with Crippen LogP contribution in [0.1, 0.15) is 0 Å². The van der Waals surface area contributed by atoms with Crippen molar-refractivity contribution in [1.82, 2.24) is 19.9 Å². The summed E-state index contributed by atoms with van der Waals surface area (Å²) in [5.41, 5.74) is 4.50. The number of halogens is 1. The summed E-state index contributed by atoms with van der Waals surface area (Å²) in [6.07, 6.45) is 3.59. The Labute approximate surface area is 142 Å². The molecule has 3 heterocycles. The first-order valence-corrected chi connectivity index (χ1v) is 7.96. The van der Waals surface area contributed by atoms with Gasteiger partial charge in [-0.15, -0.1) is 0 Å². The zero-order valence-electron chi connectivity index (χ0n) is 12.5. The minimum atomic E-state index is 0.703. The minimum absolute atomic E-state index is 0.703. The number of hydrogen-bond donors (Lipinski definition) is 1. The number of hydrogen-bond acceptors (Lipinski definition) is 3. The second-order valence-electron chi connectivity index (χ2n) is 5.62. The SMILES string of the molecule is Clc1ccc(-c2nc3c4ncccc4c4cccnc4c3[nH]2)cc1. The van der Waals surface area contributed by atoms with Gasteiger partial charge in [0, 0.05) is 33.8 Å². The van der Waals surface area contributed by atoms with Crippen molar-refractivity contribution in [1.29, 1.82) is 0 Å². The number of aromatic amines is 1. The Hall–Kier alpha value is -2.98. The topological polar surface area (TPSA) is 54.5 Å². The molecule has 0 aliphatic rings. The molecule has 0 fully saturated rings. The molecule has 0 spiro atoms. The predicted molar refractivity (Wildman–Crippen MR) is 97.1 cm³/mol. The van der Waals surface area contributed by atoms with Gasteiger partial charge in [0.15, 0.2) is 0 Å². The maximum absolute atomic E-state index is 5.98. The Bertz CT molecular complexity index is 1140. The summed E-state index contributed by atoms with van der Waals surface area (Å²) in [6, 6.07) is 15.6. The third-order valence-electron chi connectivity index (χ3n) is 4.19. The van der Waals surface area contributed by atoms with Crippen molar-refractivity contribution in [3.8, 4) is 11.4 Å². The van der Waals surface area contributed by atoms with E-state index in [1.54, 1.807) is 12.4 Å². The first kappa shape index (κ1) is 13.5. The lowest BCUT2D eigenvalue weighted by molar-refractivity contribution is 1.33. The van der Waals surface area contributed by atoms with E-state index >= 15 is 0 Å². The molecule has 0 radical (unpaired) electrons. The van der Waals surface area contributed by atoms with Crippen LogP contribution in [-0.4, -0.2) is 19.9 Å². The molecule has 0 unspecified atom stereocenters. The highest BCUT2D eigenvalue weighted by Gasteiger charge is 2.15. The standard InChI is InChI=1S/C19H11ClN4/c20-12-7-5-11(6-8-12)19-23-17-15-13(3-1-9-21-15)14-4-2-10-22-16(14)18(17)24-19/h1-10H,(H,23,24). The van der Waals surface area contributed by atoms with Crippen LogP contribution in [0.2, 0.25) is 5.02 Å². The Morgan fingerprint density at radius 2 is 1.42 bits per heavy atom. The van der Waals surface area contributed by atoms with Crippen LogP contribution < -0.4 is 0 Å². The van der Waals surface area contributed by atoms with Gasteiger partial charge in [-0.25, -0.2) is 4.98 Å². The van der Waals surface area contributed by atoms with E-state index in [9.17, 15) is 0 Å². The van der Waals surface area contributed by atoms with E-state index in [0.717, 1.165) is 44.2 Å². The average Bonchev–Trinajstić information content (AvgIpc) is 3.08. The molecule has 24 heavy (non-hydrogen) atoms. The van der Waals surface area contributed by atoms with Gasteiger partial charge in [0.1, 0.15) is 11.3 Å². The van der Waals surface area contributed by atoms with E-state index < -0.39 is 0 Å². The van der Waals surface area contributed by atoms with Gasteiger partial charge in [-0.2, -0.15) is 0 Å². The van der Waals surface area contributed by atoms with Gasteiger partial charge < -0.3 is 4.98 Å². The third kappa shape index (κ3) is 1.90. The Kier molecular flexibility index (Phi) is 2.81. The van der Waals surface area contributed by atoms with E-state index in [2.05, 4.69) is 27.1 Å². The average molecular weight is 331 g/mol. The van der Waals surface area contributed by atoms with Crippen molar-refractivity contribution >= 4 is 44.4 Å². The number of nitrogens with one attached hydrogen (secondary N) is 1. The molecular formula is C19H11ClN4. The molecule has 0 aliphatic carbocycles. The van der Waals surface area contributed by atoms with Crippen LogP contribution in [0.5, 0.6) is 0 Å². The molecule has 5 rings (SSSR count). The molecule has 2 aromatic carbocycles. The fourth-order valence-electron chi connectivity index (χ4n) is 3.09. The van der Waals surface area contributed by atoms with Gasteiger partial charge in [-0.3, -0.25) is 9.97 Å². The van der Waals surface area contributed by atoms with Crippen molar-refractivity contribution < 1.29 is 0 Å². The lowest BCUT2D eigenvalue weighted by atomic mass is 10.1. The van der Waals surface area contributed by atoms with Crippen LogP contribution in [0.4, 0.5) is 0 Å². The van der Waals surface area contributed by atoms with E-state index in [4.69, 9.17) is 16.6 Å². The molecule has 0 bridgehead atoms. The normalized spacial score (nSPS) is 11.5. The fourth-order valence-corrected chi connectivity index (χ4v) is 3.22. The smallest absolute Gasteiger partial charge is 0.138 e. The van der Waals surface area contributed by atoms with Gasteiger partial charge in [-0.1, -0.05) is 23.7 Å². The largest absolute Gasteiger partial charge is 0.336 e. The zero-order chi connectivity index (χ0) is 16.1. The zero-order valence-corrected chi connectivity index (χ0v) is 13.2. The third-order valence-corrected chi connectivity index (χ3v) is 4.44. The number of nitrogens with zero attached hydrogens (tertiary/aromatic N) is 3. The number of imidazole rings is 1. The van der Waals surface area contributed by atoms with Crippen molar-refractivity contribution in [3.05, 3.63) is 65.9 Å². The second-order valence-corrected chi connectivity index (χ2v) is 6.05. The molecule has 3 aromatic heterocycles. The summed E-state index contributed by atoms with van der Waals surface area (Å²) < 4.78 is 0. The van der Waals surface area contributed by atoms with E-state index in [1.807, 2.05) is 36.4 Å². The van der Waals surface area contributed by atoms with Crippen molar-refractivity contribution in [2.24, 2.45) is 0 Å². The van der Waals surface area contributed by atoms with Gasteiger partial charge in [0.05, 0.1) is 16.6 Å². The van der Waals surface area contributed by atoms with Gasteiger partial charge >= 0.3 is 0 Å². The molecule has 0 aliphatic heterocycles. The maximum Gasteiger partial charge on any atom is 0.138 e. The van der Waals surface area contributed by atoms with Gasteiger partial charge in [-0.05, 0) is 36.4 Å². The van der Waals surface area contributed by atoms with Crippen LogP contribution in [-0.2, 0) is 0 Å². The van der Waals surface area contributed by atoms with Crippen LogP contribution in [0, 0.1) is 0 Å². The molecular weight excluding hydrogens is 320 g/mol. The molecule has 0 saturated heterocycles. The number of benzene rings is 2. The van der Waals surface area contributed by atoms with E-state index in [-0.39, 0.29) is 0 Å². The highest BCUT2D eigenvalue weighted by atomic mass is 35.5. The summed E-state index contributed by atoms with van der Waals surface area (Å²) >= 11 is 5.98. The Morgan fingerprint density at radius 1 is 0.750 bits per heavy atom. The lowest BCUT2D eigenvalue weighted by Gasteiger charge is -2.03. The van der Waals surface area contributed by atoms with E-state index in [1.165, 1.54) is 0 Å². The monoisotopic (exact) mass is 330 g/mol. The predicted octanol–water partition coefficient (Wildman–Crippen LogP) is 4.98. The van der Waals surface area contributed by atoms with Gasteiger partial charge in [0.2, 0.25) is 0 Å². The number of pyridine rings is 2. The maximum atomic E-state index is 5.98. The van der Waals surface area contributed by atoms with Crippen LogP contribution in [0.3, 0.4) is 0 Å². The summed E-state index contributed by atoms with van der Waals surface area (Å²) in [6.45, 7) is 0. The first-order chi connectivity index (χ1) is 11.8. The first-order valence-electron chi connectivity index (χ1n) is 7.58. The summed E-state index contributed by atoms with van der Waals surface area (Å²) in [5, 5.41) is 2.83. The molecule has 5 aromatic rings. The Morgan fingerprint density at radius 3 is 2.17 bits per heavy atom. The lowest BCUT2D eigenvalue weighted by Crippen LogP contribution is -1.86. The van der Waals surface area contributed by atoms with Crippen molar-refractivity contribution in [2.75, 3.05) is 0 Å². The highest BCUT2D eigenvalue weighted by Crippen LogP contribution is 2.33. The highest BCUT2D eigenvalue weighted by molar-refractivity contribution is 6.30. The second kappa shape index (κ2) is 5.01. The molecule has 0 atom stereocenters. The van der Waals surface area contributed by atoms with Crippen LogP contribution >= 0.6 is 11.6 Å². The molecule has 4 nitrogen and oxygen atoms in total. The minimum Gasteiger partial charge on any atom is -0.336 e. The molecule has 114 valence electrons. The summed E-state index contributed by atoms with van der Waals surface area (Å²) in [5.74, 6) is 0.784. The van der Waals surface area contributed by atoms with E-state index in [0.29, 0.717) is 5.02 Å². The Balaban J connectivity index is 1.93.